The van der Waals surface area contributed by atoms with Gasteiger partial charge >= 0.3 is 0 Å². The third-order valence-corrected chi connectivity index (χ3v) is 4.09. The van der Waals surface area contributed by atoms with Crippen LogP contribution in [-0.2, 0) is 4.79 Å². The molecule has 0 spiro atoms. The van der Waals surface area contributed by atoms with Crippen LogP contribution in [0, 0.1) is 5.92 Å². The molecule has 0 aromatic carbocycles. The van der Waals surface area contributed by atoms with E-state index in [2.05, 4.69) is 22.5 Å². The van der Waals surface area contributed by atoms with Gasteiger partial charge in [-0.2, -0.15) is 0 Å². The highest BCUT2D eigenvalue weighted by Crippen LogP contribution is 2.25. The Balaban J connectivity index is 1.74. The quantitative estimate of drug-likeness (QED) is 0.818. The fourth-order valence-corrected chi connectivity index (χ4v) is 3.13. The molecule has 0 aromatic heterocycles. The molecule has 6 heteroatoms. The molecular weight excluding hydrogens is 264 g/mol. The van der Waals surface area contributed by atoms with Gasteiger partial charge in [0.1, 0.15) is 0 Å². The standard InChI is InChI=1S/C14H25F2N3O/c1-10-4-3-5-19(7-10)8-11(2)18-13(20)12-6-14(15,16)9-17-12/h10-12,17H,3-9H2,1-2H3,(H,18,20). The van der Waals surface area contributed by atoms with Crippen molar-refractivity contribution in [3.63, 3.8) is 0 Å². The van der Waals surface area contributed by atoms with Crippen molar-refractivity contribution in [3.8, 4) is 0 Å². The summed E-state index contributed by atoms with van der Waals surface area (Å²) in [4.78, 5) is 14.3. The Bertz CT molecular complexity index is 351. The number of halogens is 2. The molecule has 3 atom stereocenters. The summed E-state index contributed by atoms with van der Waals surface area (Å²) in [5.74, 6) is -2.37. The SMILES string of the molecule is CC1CCCN(CC(C)NC(=O)C2CC(F)(F)CN2)C1. The summed E-state index contributed by atoms with van der Waals surface area (Å²) in [6.45, 7) is 6.68. The van der Waals surface area contributed by atoms with Gasteiger partial charge in [0.05, 0.1) is 12.6 Å². The Morgan fingerprint density at radius 3 is 2.90 bits per heavy atom. The molecule has 2 fully saturated rings. The minimum atomic E-state index is -2.76. The number of nitrogens with one attached hydrogen (secondary N) is 2. The van der Waals surface area contributed by atoms with E-state index in [1.165, 1.54) is 12.8 Å². The molecule has 2 heterocycles. The number of hydrogen-bond donors (Lipinski definition) is 2. The fourth-order valence-electron chi connectivity index (χ4n) is 3.13. The first-order valence-electron chi connectivity index (χ1n) is 7.50. The van der Waals surface area contributed by atoms with E-state index in [-0.39, 0.29) is 11.9 Å². The molecule has 3 unspecified atom stereocenters. The van der Waals surface area contributed by atoms with E-state index in [1.54, 1.807) is 0 Å². The maximum atomic E-state index is 13.1. The normalized spacial score (nSPS) is 32.0. The zero-order valence-corrected chi connectivity index (χ0v) is 12.3. The second-order valence-corrected chi connectivity index (χ2v) is 6.41. The Labute approximate surface area is 119 Å². The Morgan fingerprint density at radius 2 is 2.30 bits per heavy atom. The first-order valence-corrected chi connectivity index (χ1v) is 7.50. The summed E-state index contributed by atoms with van der Waals surface area (Å²) >= 11 is 0. The largest absolute Gasteiger partial charge is 0.351 e. The van der Waals surface area contributed by atoms with Crippen LogP contribution in [0.2, 0.25) is 0 Å². The molecule has 116 valence electrons. The second kappa shape index (κ2) is 6.35. The van der Waals surface area contributed by atoms with Crippen molar-refractivity contribution < 1.29 is 13.6 Å². The van der Waals surface area contributed by atoms with Crippen LogP contribution in [0.1, 0.15) is 33.1 Å². The molecule has 0 saturated carbocycles. The van der Waals surface area contributed by atoms with E-state index in [4.69, 9.17) is 0 Å². The lowest BCUT2D eigenvalue weighted by atomic mass is 10.00. The van der Waals surface area contributed by atoms with Gasteiger partial charge in [-0.3, -0.25) is 10.1 Å². The van der Waals surface area contributed by atoms with Crippen molar-refractivity contribution in [1.29, 1.82) is 0 Å². The van der Waals surface area contributed by atoms with Crippen molar-refractivity contribution >= 4 is 5.91 Å². The number of amides is 1. The third kappa shape index (κ3) is 4.38. The molecule has 2 N–H and O–H groups in total. The van der Waals surface area contributed by atoms with Gasteiger partial charge in [0.2, 0.25) is 5.91 Å². The number of carbonyl (C=O) groups excluding carboxylic acids is 1. The Morgan fingerprint density at radius 1 is 1.55 bits per heavy atom. The van der Waals surface area contributed by atoms with Gasteiger partial charge in [-0.15, -0.1) is 0 Å². The highest BCUT2D eigenvalue weighted by molar-refractivity contribution is 5.82. The molecular formula is C14H25F2N3O. The van der Waals surface area contributed by atoms with Crippen molar-refractivity contribution in [2.24, 2.45) is 5.92 Å². The van der Waals surface area contributed by atoms with Gasteiger partial charge in [-0.25, -0.2) is 8.78 Å². The molecule has 2 saturated heterocycles. The van der Waals surface area contributed by atoms with Gasteiger partial charge in [0.15, 0.2) is 0 Å². The first kappa shape index (κ1) is 15.6. The van der Waals surface area contributed by atoms with Gasteiger partial charge in [0.25, 0.3) is 5.92 Å². The molecule has 20 heavy (non-hydrogen) atoms. The smallest absolute Gasteiger partial charge is 0.262 e. The zero-order chi connectivity index (χ0) is 14.8. The number of carbonyl (C=O) groups is 1. The van der Waals surface area contributed by atoms with E-state index in [0.29, 0.717) is 5.92 Å². The molecule has 0 aromatic rings. The van der Waals surface area contributed by atoms with Crippen LogP contribution in [0.3, 0.4) is 0 Å². The molecule has 2 aliphatic rings. The summed E-state index contributed by atoms with van der Waals surface area (Å²) in [6, 6.07) is -0.767. The summed E-state index contributed by atoms with van der Waals surface area (Å²) in [6.07, 6.45) is 2.06. The van der Waals surface area contributed by atoms with Crippen molar-refractivity contribution in [2.75, 3.05) is 26.2 Å². The van der Waals surface area contributed by atoms with E-state index in [9.17, 15) is 13.6 Å². The van der Waals surface area contributed by atoms with Crippen LogP contribution in [-0.4, -0.2) is 55.0 Å². The van der Waals surface area contributed by atoms with Crippen molar-refractivity contribution in [1.82, 2.24) is 15.5 Å². The fraction of sp³-hybridized carbons (Fsp3) is 0.929. The third-order valence-electron chi connectivity index (χ3n) is 4.09. The predicted molar refractivity (Wildman–Crippen MR) is 73.8 cm³/mol. The van der Waals surface area contributed by atoms with Crippen LogP contribution in [0.4, 0.5) is 8.78 Å². The number of hydrogen-bond acceptors (Lipinski definition) is 3. The second-order valence-electron chi connectivity index (χ2n) is 6.41. The molecule has 2 rings (SSSR count). The number of likely N-dealkylation sites (tertiary alicyclic amines) is 1. The topological polar surface area (TPSA) is 44.4 Å². The Kier molecular flexibility index (Phi) is 4.96. The lowest BCUT2D eigenvalue weighted by Gasteiger charge is -2.33. The van der Waals surface area contributed by atoms with Gasteiger partial charge in [-0.05, 0) is 32.2 Å². The van der Waals surface area contributed by atoms with Crippen LogP contribution >= 0.6 is 0 Å². The zero-order valence-electron chi connectivity index (χ0n) is 12.3. The van der Waals surface area contributed by atoms with Gasteiger partial charge in [0, 0.05) is 25.6 Å². The van der Waals surface area contributed by atoms with Crippen LogP contribution < -0.4 is 10.6 Å². The lowest BCUT2D eigenvalue weighted by molar-refractivity contribution is -0.124. The summed E-state index contributed by atoms with van der Waals surface area (Å²) in [7, 11) is 0. The summed E-state index contributed by atoms with van der Waals surface area (Å²) in [5.41, 5.74) is 0. The number of piperidine rings is 1. The summed E-state index contributed by atoms with van der Waals surface area (Å²) < 4.78 is 26.1. The predicted octanol–water partition coefficient (Wildman–Crippen LogP) is 1.22. The molecule has 1 amide bonds. The monoisotopic (exact) mass is 289 g/mol. The number of alkyl halides is 2. The average molecular weight is 289 g/mol. The summed E-state index contributed by atoms with van der Waals surface area (Å²) in [5, 5.41) is 5.43. The molecule has 2 aliphatic heterocycles. The van der Waals surface area contributed by atoms with Gasteiger partial charge < -0.3 is 10.2 Å². The molecule has 0 radical (unpaired) electrons. The van der Waals surface area contributed by atoms with Crippen molar-refractivity contribution in [2.45, 2.75) is 51.1 Å². The highest BCUT2D eigenvalue weighted by atomic mass is 19.3. The minimum absolute atomic E-state index is 0.0103. The highest BCUT2D eigenvalue weighted by Gasteiger charge is 2.42. The molecule has 0 aliphatic carbocycles. The minimum Gasteiger partial charge on any atom is -0.351 e. The number of rotatable bonds is 4. The van der Waals surface area contributed by atoms with E-state index >= 15 is 0 Å². The van der Waals surface area contributed by atoms with E-state index in [0.717, 1.165) is 19.6 Å². The van der Waals surface area contributed by atoms with Crippen LogP contribution in [0.25, 0.3) is 0 Å². The van der Waals surface area contributed by atoms with E-state index in [1.807, 2.05) is 6.92 Å². The van der Waals surface area contributed by atoms with E-state index < -0.39 is 24.9 Å². The number of nitrogens with zero attached hydrogens (tertiary/aromatic N) is 1. The van der Waals surface area contributed by atoms with Gasteiger partial charge in [-0.1, -0.05) is 6.92 Å². The average Bonchev–Trinajstić information content (AvgIpc) is 2.69. The van der Waals surface area contributed by atoms with Crippen LogP contribution in [0.5, 0.6) is 0 Å². The lowest BCUT2D eigenvalue weighted by Crippen LogP contribution is -2.49. The maximum Gasteiger partial charge on any atom is 0.262 e. The van der Waals surface area contributed by atoms with Crippen LogP contribution in [0.15, 0.2) is 0 Å². The molecule has 4 nitrogen and oxygen atoms in total. The van der Waals surface area contributed by atoms with Crippen molar-refractivity contribution in [3.05, 3.63) is 0 Å². The molecule has 0 bridgehead atoms. The maximum absolute atomic E-state index is 13.1. The Hall–Kier alpha value is -0.750. The first-order chi connectivity index (χ1) is 9.35.